The summed E-state index contributed by atoms with van der Waals surface area (Å²) >= 11 is 0. The fourth-order valence-corrected chi connectivity index (χ4v) is 3.77. The summed E-state index contributed by atoms with van der Waals surface area (Å²) in [4.78, 5) is 17.1. The minimum absolute atomic E-state index is 0.0402. The van der Waals surface area contributed by atoms with Crippen LogP contribution in [0, 0.1) is 5.82 Å². The van der Waals surface area contributed by atoms with Gasteiger partial charge in [-0.2, -0.15) is 0 Å². The molecule has 0 spiro atoms. The Morgan fingerprint density at radius 3 is 2.48 bits per heavy atom. The molecular formula is C24H26FN3O3. The standard InChI is InChI=1S/C24H26FN3O3/c1-2-12-28(23(29)19-6-4-3-5-7-19)17-21-22(18-8-10-20(25)11-9-18)26-31-24(21)27-13-15-30-16-14-27/h3-11H,2,12-17H2,1H3. The number of amides is 1. The van der Waals surface area contributed by atoms with Gasteiger partial charge in [-0.1, -0.05) is 30.3 Å². The van der Waals surface area contributed by atoms with Crippen LogP contribution in [0.2, 0.25) is 0 Å². The van der Waals surface area contributed by atoms with Crippen molar-refractivity contribution in [1.82, 2.24) is 10.1 Å². The van der Waals surface area contributed by atoms with Gasteiger partial charge in [0.25, 0.3) is 5.91 Å². The molecule has 0 bridgehead atoms. The number of carbonyl (C=O) groups excluding carboxylic acids is 1. The second kappa shape index (κ2) is 9.75. The summed E-state index contributed by atoms with van der Waals surface area (Å²) in [5, 5.41) is 4.32. The van der Waals surface area contributed by atoms with Crippen LogP contribution in [0.4, 0.5) is 10.3 Å². The molecule has 0 aliphatic carbocycles. The van der Waals surface area contributed by atoms with Gasteiger partial charge < -0.3 is 19.1 Å². The van der Waals surface area contributed by atoms with E-state index in [1.165, 1.54) is 12.1 Å². The number of morpholine rings is 1. The molecule has 2 aromatic carbocycles. The van der Waals surface area contributed by atoms with Crippen molar-refractivity contribution in [1.29, 1.82) is 0 Å². The fraction of sp³-hybridized carbons (Fsp3) is 0.333. The predicted molar refractivity (Wildman–Crippen MR) is 116 cm³/mol. The van der Waals surface area contributed by atoms with E-state index in [9.17, 15) is 9.18 Å². The Balaban J connectivity index is 1.71. The third kappa shape index (κ3) is 4.77. The summed E-state index contributed by atoms with van der Waals surface area (Å²) in [6.45, 7) is 5.58. The monoisotopic (exact) mass is 423 g/mol. The molecule has 1 aromatic heterocycles. The van der Waals surface area contributed by atoms with Gasteiger partial charge in [-0.25, -0.2) is 4.39 Å². The Bertz CT molecular complexity index is 999. The van der Waals surface area contributed by atoms with Crippen LogP contribution in [-0.4, -0.2) is 48.8 Å². The van der Waals surface area contributed by atoms with E-state index in [1.54, 1.807) is 12.1 Å². The zero-order valence-electron chi connectivity index (χ0n) is 17.6. The topological polar surface area (TPSA) is 58.8 Å². The highest BCUT2D eigenvalue weighted by Crippen LogP contribution is 2.33. The van der Waals surface area contributed by atoms with Crippen molar-refractivity contribution in [3.8, 4) is 11.3 Å². The van der Waals surface area contributed by atoms with E-state index in [-0.39, 0.29) is 11.7 Å². The van der Waals surface area contributed by atoms with Crippen molar-refractivity contribution in [2.24, 2.45) is 0 Å². The first-order valence-electron chi connectivity index (χ1n) is 10.6. The minimum atomic E-state index is -0.311. The summed E-state index contributed by atoms with van der Waals surface area (Å²) in [6.07, 6.45) is 0.822. The number of hydrogen-bond acceptors (Lipinski definition) is 5. The summed E-state index contributed by atoms with van der Waals surface area (Å²) < 4.78 is 24.7. The molecule has 31 heavy (non-hydrogen) atoms. The van der Waals surface area contributed by atoms with Crippen molar-refractivity contribution < 1.29 is 18.4 Å². The second-order valence-electron chi connectivity index (χ2n) is 7.51. The zero-order valence-corrected chi connectivity index (χ0v) is 17.6. The molecule has 4 rings (SSSR count). The van der Waals surface area contributed by atoms with E-state index in [1.807, 2.05) is 42.2 Å². The van der Waals surface area contributed by atoms with Gasteiger partial charge in [-0.3, -0.25) is 4.79 Å². The predicted octanol–water partition coefficient (Wildman–Crippen LogP) is 4.37. The average molecular weight is 423 g/mol. The van der Waals surface area contributed by atoms with Crippen LogP contribution in [0.25, 0.3) is 11.3 Å². The third-order valence-corrected chi connectivity index (χ3v) is 5.33. The van der Waals surface area contributed by atoms with Crippen LogP contribution >= 0.6 is 0 Å². The number of benzene rings is 2. The molecule has 0 N–H and O–H groups in total. The molecule has 162 valence electrons. The first-order chi connectivity index (χ1) is 15.2. The smallest absolute Gasteiger partial charge is 0.254 e. The van der Waals surface area contributed by atoms with E-state index in [0.29, 0.717) is 56.5 Å². The van der Waals surface area contributed by atoms with Crippen LogP contribution in [0.15, 0.2) is 59.1 Å². The lowest BCUT2D eigenvalue weighted by Crippen LogP contribution is -2.37. The zero-order chi connectivity index (χ0) is 21.6. The Labute approximate surface area is 181 Å². The first-order valence-corrected chi connectivity index (χ1v) is 10.6. The van der Waals surface area contributed by atoms with Gasteiger partial charge in [0.2, 0.25) is 5.88 Å². The van der Waals surface area contributed by atoms with Gasteiger partial charge in [-0.15, -0.1) is 0 Å². The number of rotatable bonds is 7. The largest absolute Gasteiger partial charge is 0.378 e. The Morgan fingerprint density at radius 1 is 1.10 bits per heavy atom. The van der Waals surface area contributed by atoms with Gasteiger partial charge in [0.15, 0.2) is 0 Å². The van der Waals surface area contributed by atoms with Crippen LogP contribution in [0.5, 0.6) is 0 Å². The van der Waals surface area contributed by atoms with Crippen LogP contribution in [0.1, 0.15) is 29.3 Å². The number of halogens is 1. The van der Waals surface area contributed by atoms with Crippen LogP contribution in [-0.2, 0) is 11.3 Å². The fourth-order valence-electron chi connectivity index (χ4n) is 3.77. The SMILES string of the molecule is CCCN(Cc1c(-c2ccc(F)cc2)noc1N1CCOCC1)C(=O)c1ccccc1. The van der Waals surface area contributed by atoms with E-state index in [2.05, 4.69) is 10.1 Å². The van der Waals surface area contributed by atoms with Gasteiger partial charge in [0, 0.05) is 30.8 Å². The molecular weight excluding hydrogens is 397 g/mol. The molecule has 1 aliphatic rings. The Hall–Kier alpha value is -3.19. The van der Waals surface area contributed by atoms with Gasteiger partial charge >= 0.3 is 0 Å². The molecule has 2 heterocycles. The van der Waals surface area contributed by atoms with E-state index in [0.717, 1.165) is 17.5 Å². The summed E-state index contributed by atoms with van der Waals surface area (Å²) in [6, 6.07) is 15.4. The molecule has 1 amide bonds. The molecule has 0 atom stereocenters. The van der Waals surface area contributed by atoms with Crippen molar-refractivity contribution in [3.63, 3.8) is 0 Å². The quantitative estimate of drug-likeness (QED) is 0.565. The molecule has 6 nitrogen and oxygen atoms in total. The Morgan fingerprint density at radius 2 is 1.81 bits per heavy atom. The number of carbonyl (C=O) groups is 1. The van der Waals surface area contributed by atoms with Crippen molar-refractivity contribution in [2.75, 3.05) is 37.7 Å². The van der Waals surface area contributed by atoms with E-state index < -0.39 is 0 Å². The Kier molecular flexibility index (Phi) is 6.62. The maximum atomic E-state index is 13.5. The molecule has 0 unspecified atom stereocenters. The van der Waals surface area contributed by atoms with Crippen LogP contribution in [0.3, 0.4) is 0 Å². The summed E-state index contributed by atoms with van der Waals surface area (Å²) in [5.41, 5.74) is 2.85. The third-order valence-electron chi connectivity index (χ3n) is 5.33. The molecule has 7 heteroatoms. The molecule has 1 fully saturated rings. The summed E-state index contributed by atoms with van der Waals surface area (Å²) in [5.74, 6) is 0.292. The van der Waals surface area contributed by atoms with Crippen molar-refractivity contribution in [2.45, 2.75) is 19.9 Å². The lowest BCUT2D eigenvalue weighted by molar-refractivity contribution is 0.0743. The average Bonchev–Trinajstić information content (AvgIpc) is 3.23. The van der Waals surface area contributed by atoms with Gasteiger partial charge in [0.1, 0.15) is 11.5 Å². The molecule has 3 aromatic rings. The second-order valence-corrected chi connectivity index (χ2v) is 7.51. The maximum absolute atomic E-state index is 13.5. The molecule has 0 radical (unpaired) electrons. The highest BCUT2D eigenvalue weighted by Gasteiger charge is 2.27. The lowest BCUT2D eigenvalue weighted by Gasteiger charge is -2.28. The highest BCUT2D eigenvalue weighted by molar-refractivity contribution is 5.94. The van der Waals surface area contributed by atoms with Crippen LogP contribution < -0.4 is 4.90 Å². The van der Waals surface area contributed by atoms with E-state index in [4.69, 9.17) is 9.26 Å². The first kappa shape index (κ1) is 21.1. The summed E-state index contributed by atoms with van der Waals surface area (Å²) in [7, 11) is 0. The number of anilines is 1. The maximum Gasteiger partial charge on any atom is 0.254 e. The normalized spacial score (nSPS) is 13.9. The molecule has 0 saturated carbocycles. The van der Waals surface area contributed by atoms with Gasteiger partial charge in [-0.05, 0) is 42.8 Å². The molecule has 1 aliphatic heterocycles. The number of nitrogens with zero attached hydrogens (tertiary/aromatic N) is 3. The highest BCUT2D eigenvalue weighted by atomic mass is 19.1. The van der Waals surface area contributed by atoms with E-state index >= 15 is 0 Å². The van der Waals surface area contributed by atoms with Crippen molar-refractivity contribution in [3.05, 3.63) is 71.5 Å². The van der Waals surface area contributed by atoms with Gasteiger partial charge in [0.05, 0.1) is 25.3 Å². The molecule has 1 saturated heterocycles. The lowest BCUT2D eigenvalue weighted by atomic mass is 10.1. The van der Waals surface area contributed by atoms with Crippen molar-refractivity contribution >= 4 is 11.8 Å². The number of hydrogen-bond donors (Lipinski definition) is 0. The number of aromatic nitrogens is 1. The minimum Gasteiger partial charge on any atom is -0.378 e. The number of ether oxygens (including phenoxy) is 1.